The Morgan fingerprint density at radius 3 is 2.54 bits per heavy atom. The van der Waals surface area contributed by atoms with Gasteiger partial charge in [0.05, 0.1) is 19.9 Å². The first-order chi connectivity index (χ1) is 11.7. The van der Waals surface area contributed by atoms with E-state index in [4.69, 9.17) is 9.47 Å². The summed E-state index contributed by atoms with van der Waals surface area (Å²) >= 11 is 0. The minimum absolute atomic E-state index is 0.0521. The molecule has 2 aromatic carbocycles. The van der Waals surface area contributed by atoms with Gasteiger partial charge >= 0.3 is 0 Å². The number of phenolic OH excluding ortho intramolecular Hbond substituents is 1. The van der Waals surface area contributed by atoms with Crippen LogP contribution in [0.25, 0.3) is 0 Å². The molecule has 1 spiro atoms. The van der Waals surface area contributed by atoms with Crippen LogP contribution in [0.2, 0.25) is 0 Å². The predicted molar refractivity (Wildman–Crippen MR) is 94.1 cm³/mol. The number of hydrogen-bond donors (Lipinski definition) is 1. The number of nitrogens with zero attached hydrogens (tertiary/aromatic N) is 1. The maximum atomic E-state index is 10.2. The predicted octanol–water partition coefficient (Wildman–Crippen LogP) is 4.33. The van der Waals surface area contributed by atoms with Crippen LogP contribution in [0.5, 0.6) is 17.2 Å². The van der Waals surface area contributed by atoms with Crippen molar-refractivity contribution in [2.45, 2.75) is 30.6 Å². The Labute approximate surface area is 141 Å². The van der Waals surface area contributed by atoms with Gasteiger partial charge in [-0.25, -0.2) is 0 Å². The molecule has 2 unspecified atom stereocenters. The average Bonchev–Trinajstić information content (AvgIpc) is 3.21. The molecule has 4 rings (SSSR count). The molecule has 0 amide bonds. The Kier molecular flexibility index (Phi) is 3.48. The highest BCUT2D eigenvalue weighted by Gasteiger charge is 2.47. The zero-order chi connectivity index (χ0) is 16.7. The maximum Gasteiger partial charge on any atom is 0.200 e. The Morgan fingerprint density at radius 1 is 1.12 bits per heavy atom. The smallest absolute Gasteiger partial charge is 0.200 e. The number of benzene rings is 2. The molecule has 1 saturated carbocycles. The quantitative estimate of drug-likeness (QED) is 0.914. The third-order valence-electron chi connectivity index (χ3n) is 5.45. The van der Waals surface area contributed by atoms with E-state index in [9.17, 15) is 5.11 Å². The highest BCUT2D eigenvalue weighted by atomic mass is 16.5. The zero-order valence-corrected chi connectivity index (χ0v) is 14.0. The molecular weight excluding hydrogens is 302 g/mol. The molecule has 0 saturated heterocycles. The molecule has 0 radical (unpaired) electrons. The van der Waals surface area contributed by atoms with E-state index in [-0.39, 0.29) is 11.2 Å². The summed E-state index contributed by atoms with van der Waals surface area (Å²) in [5, 5.41) is 10.2. The molecule has 4 heteroatoms. The van der Waals surface area contributed by atoms with Crippen molar-refractivity contribution in [1.82, 2.24) is 0 Å². The molecule has 1 heterocycles. The molecule has 2 aliphatic rings. The fourth-order valence-electron chi connectivity index (χ4n) is 4.32. The SMILES string of the molecule is COc1cc(C2CCCC23C=Nc2ccccc23)cc(OC)c1O. The molecule has 124 valence electrons. The largest absolute Gasteiger partial charge is 0.502 e. The summed E-state index contributed by atoms with van der Waals surface area (Å²) < 4.78 is 10.7. The van der Waals surface area contributed by atoms with Crippen LogP contribution in [0.4, 0.5) is 5.69 Å². The van der Waals surface area contributed by atoms with Crippen molar-refractivity contribution in [3.63, 3.8) is 0 Å². The van der Waals surface area contributed by atoms with Gasteiger partial charge in [-0.15, -0.1) is 0 Å². The van der Waals surface area contributed by atoms with Crippen LogP contribution in [-0.4, -0.2) is 25.5 Å². The standard InChI is InChI=1S/C20H21NO3/c1-23-17-10-13(11-18(24-2)19(17)22)14-7-5-9-20(14)12-21-16-8-4-3-6-15(16)20/h3-4,6,8,10-12,14,22H,5,7,9H2,1-2H3. The average molecular weight is 323 g/mol. The van der Waals surface area contributed by atoms with Gasteiger partial charge in [-0.3, -0.25) is 4.99 Å². The van der Waals surface area contributed by atoms with Gasteiger partial charge < -0.3 is 14.6 Å². The van der Waals surface area contributed by atoms with Crippen molar-refractivity contribution in [2.24, 2.45) is 4.99 Å². The lowest BCUT2D eigenvalue weighted by Gasteiger charge is -2.31. The molecular formula is C20H21NO3. The van der Waals surface area contributed by atoms with Gasteiger partial charge in [0.25, 0.3) is 0 Å². The Hall–Kier alpha value is -2.49. The summed E-state index contributed by atoms with van der Waals surface area (Å²) in [6, 6.07) is 12.3. The van der Waals surface area contributed by atoms with E-state index >= 15 is 0 Å². The summed E-state index contributed by atoms with van der Waals surface area (Å²) in [5.41, 5.74) is 3.44. The van der Waals surface area contributed by atoms with Crippen LogP contribution in [0.3, 0.4) is 0 Å². The number of rotatable bonds is 3. The van der Waals surface area contributed by atoms with Gasteiger partial charge in [-0.1, -0.05) is 24.6 Å². The van der Waals surface area contributed by atoms with Gasteiger partial charge in [-0.05, 0) is 48.1 Å². The lowest BCUT2D eigenvalue weighted by Crippen LogP contribution is -2.28. The number of fused-ring (bicyclic) bond motifs is 2. The highest BCUT2D eigenvalue weighted by Crippen LogP contribution is 2.56. The van der Waals surface area contributed by atoms with Gasteiger partial charge in [0.2, 0.25) is 5.75 Å². The number of ether oxygens (including phenoxy) is 2. The van der Waals surface area contributed by atoms with Gasteiger partial charge in [0.15, 0.2) is 11.5 Å². The monoisotopic (exact) mass is 323 g/mol. The number of aromatic hydroxyl groups is 1. The third-order valence-corrected chi connectivity index (χ3v) is 5.45. The molecule has 2 aromatic rings. The topological polar surface area (TPSA) is 51.0 Å². The number of aliphatic imine (C=N–C) groups is 1. The van der Waals surface area contributed by atoms with E-state index < -0.39 is 0 Å². The summed E-state index contributed by atoms with van der Waals surface area (Å²) in [6.07, 6.45) is 5.44. The molecule has 1 fully saturated rings. The molecule has 2 atom stereocenters. The Morgan fingerprint density at radius 2 is 1.83 bits per heavy atom. The summed E-state index contributed by atoms with van der Waals surface area (Å²) in [5.74, 6) is 1.26. The van der Waals surface area contributed by atoms with E-state index in [1.807, 2.05) is 18.2 Å². The molecule has 1 N–H and O–H groups in total. The number of hydrogen-bond acceptors (Lipinski definition) is 4. The second-order valence-electron chi connectivity index (χ2n) is 6.53. The van der Waals surface area contributed by atoms with E-state index in [2.05, 4.69) is 29.4 Å². The van der Waals surface area contributed by atoms with Gasteiger partial charge in [-0.2, -0.15) is 0 Å². The third kappa shape index (κ3) is 2.02. The Bertz CT molecular complexity index is 789. The van der Waals surface area contributed by atoms with Crippen LogP contribution >= 0.6 is 0 Å². The fourth-order valence-corrected chi connectivity index (χ4v) is 4.32. The van der Waals surface area contributed by atoms with Crippen LogP contribution in [0.15, 0.2) is 41.4 Å². The molecule has 1 aliphatic heterocycles. The summed E-state index contributed by atoms with van der Waals surface area (Å²) in [4.78, 5) is 4.68. The van der Waals surface area contributed by atoms with E-state index in [0.717, 1.165) is 30.5 Å². The summed E-state index contributed by atoms with van der Waals surface area (Å²) in [7, 11) is 3.13. The van der Waals surface area contributed by atoms with Gasteiger partial charge in [0, 0.05) is 11.6 Å². The summed E-state index contributed by atoms with van der Waals surface area (Å²) in [6.45, 7) is 0. The normalized spacial score (nSPS) is 24.3. The molecule has 24 heavy (non-hydrogen) atoms. The number of methoxy groups -OCH3 is 2. The first-order valence-electron chi connectivity index (χ1n) is 8.29. The van der Waals surface area contributed by atoms with Crippen molar-refractivity contribution >= 4 is 11.9 Å². The number of phenols is 1. The zero-order valence-electron chi connectivity index (χ0n) is 14.0. The molecule has 1 aliphatic carbocycles. The minimum atomic E-state index is -0.0659. The second-order valence-corrected chi connectivity index (χ2v) is 6.53. The van der Waals surface area contributed by atoms with Crippen molar-refractivity contribution in [2.75, 3.05) is 14.2 Å². The van der Waals surface area contributed by atoms with Crippen LogP contribution in [0, 0.1) is 0 Å². The van der Waals surface area contributed by atoms with Crippen molar-refractivity contribution in [3.05, 3.63) is 47.5 Å². The number of para-hydroxylation sites is 1. The molecule has 0 aromatic heterocycles. The van der Waals surface area contributed by atoms with Crippen LogP contribution in [-0.2, 0) is 5.41 Å². The van der Waals surface area contributed by atoms with Crippen molar-refractivity contribution in [3.8, 4) is 17.2 Å². The first-order valence-corrected chi connectivity index (χ1v) is 8.29. The second kappa shape index (κ2) is 5.55. The lowest BCUT2D eigenvalue weighted by molar-refractivity contribution is 0.338. The lowest BCUT2D eigenvalue weighted by atomic mass is 9.71. The maximum absolute atomic E-state index is 10.2. The first kappa shape index (κ1) is 15.1. The van der Waals surface area contributed by atoms with Crippen molar-refractivity contribution < 1.29 is 14.6 Å². The van der Waals surface area contributed by atoms with Crippen molar-refractivity contribution in [1.29, 1.82) is 0 Å². The minimum Gasteiger partial charge on any atom is -0.502 e. The molecule has 4 nitrogen and oxygen atoms in total. The van der Waals surface area contributed by atoms with E-state index in [1.165, 1.54) is 5.56 Å². The van der Waals surface area contributed by atoms with E-state index in [1.54, 1.807) is 14.2 Å². The van der Waals surface area contributed by atoms with E-state index in [0.29, 0.717) is 17.4 Å². The highest BCUT2D eigenvalue weighted by molar-refractivity contribution is 5.87. The molecule has 0 bridgehead atoms. The Balaban J connectivity index is 1.84. The van der Waals surface area contributed by atoms with Crippen LogP contribution < -0.4 is 9.47 Å². The fraction of sp³-hybridized carbons (Fsp3) is 0.350. The van der Waals surface area contributed by atoms with Crippen LogP contribution in [0.1, 0.15) is 36.3 Å². The van der Waals surface area contributed by atoms with Gasteiger partial charge in [0.1, 0.15) is 0 Å².